The number of nitrogens with zero attached hydrogens (tertiary/aromatic N) is 2. The Labute approximate surface area is 160 Å². The third-order valence-corrected chi connectivity index (χ3v) is 5.01. The number of carbonyl (C=O) groups is 1. The lowest BCUT2D eigenvalue weighted by atomic mass is 10.1. The number of carbonyl (C=O) groups excluding carboxylic acids is 1. The van der Waals surface area contributed by atoms with Crippen molar-refractivity contribution < 1.29 is 4.79 Å². The summed E-state index contributed by atoms with van der Waals surface area (Å²) in [4.78, 5) is 12.3. The Balaban J connectivity index is 2.48. The van der Waals surface area contributed by atoms with Crippen molar-refractivity contribution in [2.75, 3.05) is 0 Å². The first-order valence-corrected chi connectivity index (χ1v) is 9.05. The lowest BCUT2D eigenvalue weighted by Gasteiger charge is -2.14. The summed E-state index contributed by atoms with van der Waals surface area (Å²) in [5.41, 5.74) is 4.90. The molecule has 1 aromatic carbocycles. The fraction of sp³-hybridized carbons (Fsp3) is 0.333. The molecule has 0 aliphatic carbocycles. The van der Waals surface area contributed by atoms with Crippen LogP contribution in [0.4, 0.5) is 0 Å². The molecule has 2 rings (SSSR count). The van der Waals surface area contributed by atoms with E-state index in [1.165, 1.54) is 0 Å². The molecule has 0 radical (unpaired) electrons. The van der Waals surface area contributed by atoms with Crippen LogP contribution in [0.25, 0.3) is 11.8 Å². The predicted molar refractivity (Wildman–Crippen MR) is 106 cm³/mol. The lowest BCUT2D eigenvalue weighted by molar-refractivity contribution is -0.117. The smallest absolute Gasteiger partial charge is 0.262 e. The van der Waals surface area contributed by atoms with Crippen molar-refractivity contribution in [2.45, 2.75) is 47.1 Å². The third-order valence-electron chi connectivity index (χ3n) is 4.61. The first kappa shape index (κ1) is 19.8. The summed E-state index contributed by atoms with van der Waals surface area (Å²) in [6.07, 6.45) is 2.46. The second-order valence-corrected chi connectivity index (χ2v) is 6.91. The van der Waals surface area contributed by atoms with Gasteiger partial charge in [-0.15, -0.1) is 0 Å². The highest BCUT2D eigenvalue weighted by atomic mass is 35.5. The highest BCUT2D eigenvalue weighted by Gasteiger charge is 2.16. The van der Waals surface area contributed by atoms with E-state index in [1.54, 1.807) is 6.08 Å². The summed E-state index contributed by atoms with van der Waals surface area (Å²) in [7, 11) is 0. The van der Waals surface area contributed by atoms with Crippen molar-refractivity contribution in [3.8, 4) is 11.8 Å². The van der Waals surface area contributed by atoms with Gasteiger partial charge in [0.2, 0.25) is 0 Å². The normalized spacial score (nSPS) is 12.6. The summed E-state index contributed by atoms with van der Waals surface area (Å²) in [6, 6.07) is 9.81. The molecule has 1 heterocycles. The number of halogens is 1. The first-order chi connectivity index (χ1) is 12.3. The van der Waals surface area contributed by atoms with Gasteiger partial charge in [-0.3, -0.25) is 4.79 Å². The van der Waals surface area contributed by atoms with Gasteiger partial charge in [0.25, 0.3) is 5.91 Å². The minimum Gasteiger partial charge on any atom is -0.349 e. The standard InChI is InChI=1S/C21H24ClN3O/c1-6-13(2)24-21(26)18(12-23)11-17-10-14(3)25(16(17)5)20-9-7-8-19(22)15(20)4/h7-11,13H,6H2,1-5H3,(H,24,26)/b18-11+/t13-/m1/s1. The number of aryl methyl sites for hydroxylation is 1. The Morgan fingerprint density at radius 1 is 1.38 bits per heavy atom. The molecule has 5 heteroatoms. The van der Waals surface area contributed by atoms with Crippen molar-refractivity contribution in [3.63, 3.8) is 0 Å². The quantitative estimate of drug-likeness (QED) is 0.603. The van der Waals surface area contributed by atoms with E-state index in [-0.39, 0.29) is 17.5 Å². The molecular weight excluding hydrogens is 346 g/mol. The van der Waals surface area contributed by atoms with Crippen LogP contribution in [0.5, 0.6) is 0 Å². The lowest BCUT2D eigenvalue weighted by Crippen LogP contribution is -2.32. The Morgan fingerprint density at radius 2 is 2.08 bits per heavy atom. The minimum atomic E-state index is -0.342. The van der Waals surface area contributed by atoms with Crippen molar-refractivity contribution in [3.05, 3.63) is 57.4 Å². The summed E-state index contributed by atoms with van der Waals surface area (Å²) in [5, 5.41) is 12.9. The number of benzene rings is 1. The number of amides is 1. The summed E-state index contributed by atoms with van der Waals surface area (Å²) >= 11 is 6.26. The van der Waals surface area contributed by atoms with Crippen LogP contribution in [0.1, 0.15) is 42.8 Å². The van der Waals surface area contributed by atoms with Gasteiger partial charge < -0.3 is 9.88 Å². The Kier molecular flexibility index (Phi) is 6.28. The van der Waals surface area contributed by atoms with E-state index in [9.17, 15) is 10.1 Å². The van der Waals surface area contributed by atoms with Gasteiger partial charge in [0.1, 0.15) is 11.6 Å². The molecule has 0 fully saturated rings. The van der Waals surface area contributed by atoms with Crippen LogP contribution in [-0.2, 0) is 4.79 Å². The topological polar surface area (TPSA) is 57.8 Å². The van der Waals surface area contributed by atoms with Gasteiger partial charge in [0, 0.05) is 28.1 Å². The van der Waals surface area contributed by atoms with E-state index >= 15 is 0 Å². The molecule has 1 amide bonds. The fourth-order valence-electron chi connectivity index (χ4n) is 2.85. The second-order valence-electron chi connectivity index (χ2n) is 6.50. The maximum atomic E-state index is 12.3. The van der Waals surface area contributed by atoms with Crippen molar-refractivity contribution in [1.82, 2.24) is 9.88 Å². The molecule has 0 saturated carbocycles. The second kappa shape index (κ2) is 8.25. The molecule has 0 saturated heterocycles. The van der Waals surface area contributed by atoms with E-state index in [0.717, 1.165) is 34.6 Å². The number of nitriles is 1. The Hall–Kier alpha value is -2.51. The average Bonchev–Trinajstić information content (AvgIpc) is 2.88. The zero-order valence-corrected chi connectivity index (χ0v) is 16.6. The molecule has 26 heavy (non-hydrogen) atoms. The molecule has 0 spiro atoms. The Morgan fingerprint density at radius 3 is 2.69 bits per heavy atom. The van der Waals surface area contributed by atoms with Crippen molar-refractivity contribution in [1.29, 1.82) is 5.26 Å². The van der Waals surface area contributed by atoms with E-state index in [1.807, 2.05) is 65.0 Å². The number of aromatic nitrogens is 1. The average molecular weight is 370 g/mol. The third kappa shape index (κ3) is 4.00. The molecule has 4 nitrogen and oxygen atoms in total. The first-order valence-electron chi connectivity index (χ1n) is 8.67. The molecule has 136 valence electrons. The molecule has 0 bridgehead atoms. The van der Waals surface area contributed by atoms with Gasteiger partial charge in [0.05, 0.1) is 0 Å². The van der Waals surface area contributed by atoms with Gasteiger partial charge in [-0.2, -0.15) is 5.26 Å². The molecule has 2 aromatic rings. The highest BCUT2D eigenvalue weighted by Crippen LogP contribution is 2.28. The fourth-order valence-corrected chi connectivity index (χ4v) is 3.02. The van der Waals surface area contributed by atoms with Gasteiger partial charge >= 0.3 is 0 Å². The van der Waals surface area contributed by atoms with E-state index in [4.69, 9.17) is 11.6 Å². The maximum absolute atomic E-state index is 12.3. The number of rotatable bonds is 5. The zero-order chi connectivity index (χ0) is 19.4. The minimum absolute atomic E-state index is 0.0285. The molecule has 1 aromatic heterocycles. The number of nitrogens with one attached hydrogen (secondary N) is 1. The predicted octanol–water partition coefficient (Wildman–Crippen LogP) is 4.88. The van der Waals surface area contributed by atoms with Gasteiger partial charge in [-0.1, -0.05) is 24.6 Å². The van der Waals surface area contributed by atoms with Crippen molar-refractivity contribution in [2.24, 2.45) is 0 Å². The molecule has 0 aliphatic heterocycles. The van der Waals surface area contributed by atoms with E-state index < -0.39 is 0 Å². The van der Waals surface area contributed by atoms with Crippen LogP contribution < -0.4 is 5.32 Å². The van der Waals surface area contributed by atoms with Crippen molar-refractivity contribution >= 4 is 23.6 Å². The van der Waals surface area contributed by atoms with E-state index in [0.29, 0.717) is 5.02 Å². The monoisotopic (exact) mass is 369 g/mol. The number of hydrogen-bond acceptors (Lipinski definition) is 2. The van der Waals surface area contributed by atoms with Gasteiger partial charge in [-0.25, -0.2) is 0 Å². The van der Waals surface area contributed by atoms with Crippen LogP contribution in [0.15, 0.2) is 29.8 Å². The molecule has 0 aliphatic rings. The number of hydrogen-bond donors (Lipinski definition) is 1. The van der Waals surface area contributed by atoms with E-state index in [2.05, 4.69) is 9.88 Å². The van der Waals surface area contributed by atoms with Gasteiger partial charge in [0.15, 0.2) is 0 Å². The molecule has 1 N–H and O–H groups in total. The van der Waals surface area contributed by atoms with Crippen LogP contribution in [0.2, 0.25) is 5.02 Å². The Bertz CT molecular complexity index is 903. The van der Waals surface area contributed by atoms with Crippen LogP contribution in [0.3, 0.4) is 0 Å². The maximum Gasteiger partial charge on any atom is 0.262 e. The van der Waals surface area contributed by atoms with Crippen LogP contribution in [0, 0.1) is 32.1 Å². The summed E-state index contributed by atoms with van der Waals surface area (Å²) in [6.45, 7) is 9.85. The molecule has 0 unspecified atom stereocenters. The van der Waals surface area contributed by atoms with Crippen LogP contribution >= 0.6 is 11.6 Å². The summed E-state index contributed by atoms with van der Waals surface area (Å²) in [5.74, 6) is -0.342. The van der Waals surface area contributed by atoms with Crippen LogP contribution in [-0.4, -0.2) is 16.5 Å². The largest absolute Gasteiger partial charge is 0.349 e. The molecule has 1 atom stereocenters. The highest BCUT2D eigenvalue weighted by molar-refractivity contribution is 6.31. The zero-order valence-electron chi connectivity index (χ0n) is 15.9. The molecular formula is C21H24ClN3O. The van der Waals surface area contributed by atoms with Gasteiger partial charge in [-0.05, 0) is 69.5 Å². The SMILES string of the molecule is CC[C@@H](C)NC(=O)/C(C#N)=C/c1cc(C)n(-c2cccc(Cl)c2C)c1C. The summed E-state index contributed by atoms with van der Waals surface area (Å²) < 4.78 is 2.09.